The summed E-state index contributed by atoms with van der Waals surface area (Å²) in [5.74, 6) is 0.666. The highest BCUT2D eigenvalue weighted by Gasteiger charge is 2.26. The lowest BCUT2D eigenvalue weighted by Crippen LogP contribution is -2.40. The van der Waals surface area contributed by atoms with E-state index in [1.54, 1.807) is 12.1 Å². The number of halogens is 1. The first-order valence-corrected chi connectivity index (χ1v) is 9.34. The van der Waals surface area contributed by atoms with Crippen molar-refractivity contribution in [2.24, 2.45) is 5.92 Å². The molecular formula is C20H23ClN2O3. The molecule has 1 atom stereocenters. The van der Waals surface area contributed by atoms with Crippen LogP contribution in [0.15, 0.2) is 47.1 Å². The second-order valence-electron chi connectivity index (χ2n) is 6.64. The van der Waals surface area contributed by atoms with Gasteiger partial charge in [0.15, 0.2) is 5.76 Å². The second kappa shape index (κ2) is 8.90. The van der Waals surface area contributed by atoms with Gasteiger partial charge in [0.05, 0.1) is 6.26 Å². The van der Waals surface area contributed by atoms with E-state index < -0.39 is 0 Å². The lowest BCUT2D eigenvalue weighted by atomic mass is 9.93. The predicted molar refractivity (Wildman–Crippen MR) is 99.9 cm³/mol. The Bertz CT molecular complexity index is 745. The molecule has 2 aromatic rings. The molecule has 1 aromatic carbocycles. The van der Waals surface area contributed by atoms with Crippen molar-refractivity contribution in [2.75, 3.05) is 13.1 Å². The molecule has 0 bridgehead atoms. The summed E-state index contributed by atoms with van der Waals surface area (Å²) in [6.07, 6.45) is 4.74. The lowest BCUT2D eigenvalue weighted by Gasteiger charge is -2.32. The molecule has 5 nitrogen and oxygen atoms in total. The molecule has 0 aliphatic carbocycles. The third kappa shape index (κ3) is 4.88. The van der Waals surface area contributed by atoms with Crippen LogP contribution in [0.4, 0.5) is 0 Å². The first kappa shape index (κ1) is 18.5. The average Bonchev–Trinajstić information content (AvgIpc) is 3.20. The zero-order valence-electron chi connectivity index (χ0n) is 14.6. The van der Waals surface area contributed by atoms with Gasteiger partial charge in [-0.2, -0.15) is 0 Å². The number of likely N-dealkylation sites (tertiary alicyclic amines) is 1. The van der Waals surface area contributed by atoms with Crippen molar-refractivity contribution >= 4 is 23.4 Å². The number of hydrogen-bond donors (Lipinski definition) is 1. The van der Waals surface area contributed by atoms with E-state index in [1.165, 1.54) is 6.26 Å². The van der Waals surface area contributed by atoms with Crippen molar-refractivity contribution in [3.8, 4) is 0 Å². The maximum atomic E-state index is 12.4. The smallest absolute Gasteiger partial charge is 0.289 e. The molecule has 0 saturated carbocycles. The van der Waals surface area contributed by atoms with E-state index in [2.05, 4.69) is 5.32 Å². The lowest BCUT2D eigenvalue weighted by molar-refractivity contribution is -0.121. The molecule has 0 spiro atoms. The van der Waals surface area contributed by atoms with Gasteiger partial charge in [0, 0.05) is 31.1 Å². The number of rotatable bonds is 6. The van der Waals surface area contributed by atoms with Crippen LogP contribution < -0.4 is 5.32 Å². The van der Waals surface area contributed by atoms with Crippen LogP contribution in [0.3, 0.4) is 0 Å². The minimum absolute atomic E-state index is 0.0133. The fourth-order valence-electron chi connectivity index (χ4n) is 3.30. The molecule has 1 aliphatic heterocycles. The summed E-state index contributed by atoms with van der Waals surface area (Å²) < 4.78 is 5.20. The second-order valence-corrected chi connectivity index (χ2v) is 7.05. The zero-order valence-corrected chi connectivity index (χ0v) is 15.4. The molecule has 0 unspecified atom stereocenters. The number of benzene rings is 1. The molecular weight excluding hydrogens is 352 g/mol. The summed E-state index contributed by atoms with van der Waals surface area (Å²) in [5, 5.41) is 3.58. The van der Waals surface area contributed by atoms with Gasteiger partial charge in [-0.1, -0.05) is 29.8 Å². The number of carbonyl (C=O) groups is 2. The Hall–Kier alpha value is -2.27. The van der Waals surface area contributed by atoms with Crippen molar-refractivity contribution in [3.63, 3.8) is 0 Å². The highest BCUT2D eigenvalue weighted by Crippen LogP contribution is 2.22. The maximum absolute atomic E-state index is 12.4. The van der Waals surface area contributed by atoms with E-state index >= 15 is 0 Å². The summed E-state index contributed by atoms with van der Waals surface area (Å²) in [4.78, 5) is 26.3. The summed E-state index contributed by atoms with van der Waals surface area (Å²) >= 11 is 6.10. The highest BCUT2D eigenvalue weighted by molar-refractivity contribution is 6.31. The first-order valence-electron chi connectivity index (χ1n) is 8.96. The third-order valence-corrected chi connectivity index (χ3v) is 5.12. The fraction of sp³-hybridized carbons (Fsp3) is 0.400. The molecule has 1 aliphatic rings. The van der Waals surface area contributed by atoms with Gasteiger partial charge >= 0.3 is 0 Å². The number of nitrogens with one attached hydrogen (secondary N) is 1. The molecule has 2 amide bonds. The minimum atomic E-state index is -0.0668. The van der Waals surface area contributed by atoms with Crippen molar-refractivity contribution in [3.05, 3.63) is 59.0 Å². The Labute approximate surface area is 158 Å². The van der Waals surface area contributed by atoms with Crippen LogP contribution in [0.5, 0.6) is 0 Å². The molecule has 2 heterocycles. The van der Waals surface area contributed by atoms with E-state index in [1.807, 2.05) is 29.2 Å². The van der Waals surface area contributed by atoms with E-state index in [9.17, 15) is 9.59 Å². The molecule has 1 saturated heterocycles. The fourth-order valence-corrected chi connectivity index (χ4v) is 3.50. The minimum Gasteiger partial charge on any atom is -0.459 e. The third-order valence-electron chi connectivity index (χ3n) is 4.75. The van der Waals surface area contributed by atoms with Crippen LogP contribution >= 0.6 is 11.6 Å². The molecule has 1 fully saturated rings. The Kier molecular flexibility index (Phi) is 6.34. The molecule has 6 heteroatoms. The molecule has 1 aromatic heterocycles. The van der Waals surface area contributed by atoms with Gasteiger partial charge in [0.1, 0.15) is 0 Å². The van der Waals surface area contributed by atoms with Gasteiger partial charge < -0.3 is 14.6 Å². The topological polar surface area (TPSA) is 62.6 Å². The summed E-state index contributed by atoms with van der Waals surface area (Å²) in [6.45, 7) is 1.86. The zero-order chi connectivity index (χ0) is 18.4. The summed E-state index contributed by atoms with van der Waals surface area (Å²) in [6, 6.07) is 10.9. The van der Waals surface area contributed by atoms with Crippen LogP contribution in [0.25, 0.3) is 0 Å². The highest BCUT2D eigenvalue weighted by atomic mass is 35.5. The maximum Gasteiger partial charge on any atom is 0.289 e. The quantitative estimate of drug-likeness (QED) is 0.834. The number of furan rings is 1. The number of carbonyl (C=O) groups excluding carboxylic acids is 2. The van der Waals surface area contributed by atoms with Crippen LogP contribution in [0.1, 0.15) is 41.8 Å². The van der Waals surface area contributed by atoms with Crippen molar-refractivity contribution in [1.29, 1.82) is 0 Å². The summed E-state index contributed by atoms with van der Waals surface area (Å²) in [7, 11) is 0. The number of amides is 2. The van der Waals surface area contributed by atoms with Crippen LogP contribution in [0, 0.1) is 5.92 Å². The molecule has 3 rings (SSSR count). The van der Waals surface area contributed by atoms with E-state index in [-0.39, 0.29) is 11.8 Å². The molecule has 138 valence electrons. The standard InChI is InChI=1S/C20H23ClN2O3/c21-17-7-2-1-6-16(17)13-22-19(24)10-9-15-5-3-11-23(14-15)20(25)18-8-4-12-26-18/h1-2,4,6-8,12,15H,3,5,9-11,13-14H2,(H,22,24)/t15-/m1/s1. The van der Waals surface area contributed by atoms with Gasteiger partial charge in [-0.3, -0.25) is 9.59 Å². The summed E-state index contributed by atoms with van der Waals surface area (Å²) in [5.41, 5.74) is 0.912. The van der Waals surface area contributed by atoms with Crippen molar-refractivity contribution in [1.82, 2.24) is 10.2 Å². The Morgan fingerprint density at radius 3 is 2.85 bits per heavy atom. The van der Waals surface area contributed by atoms with E-state index in [4.69, 9.17) is 16.0 Å². The number of hydrogen-bond acceptors (Lipinski definition) is 3. The van der Waals surface area contributed by atoms with Crippen LogP contribution in [-0.4, -0.2) is 29.8 Å². The van der Waals surface area contributed by atoms with Gasteiger partial charge in [0.2, 0.25) is 5.91 Å². The molecule has 26 heavy (non-hydrogen) atoms. The van der Waals surface area contributed by atoms with Crippen LogP contribution in [-0.2, 0) is 11.3 Å². The van der Waals surface area contributed by atoms with Gasteiger partial charge in [-0.05, 0) is 48.9 Å². The molecule has 1 N–H and O–H groups in total. The van der Waals surface area contributed by atoms with Gasteiger partial charge in [-0.25, -0.2) is 0 Å². The first-order chi connectivity index (χ1) is 12.6. The van der Waals surface area contributed by atoms with Crippen molar-refractivity contribution in [2.45, 2.75) is 32.2 Å². The predicted octanol–water partition coefficient (Wildman–Crippen LogP) is 3.88. The number of nitrogens with zero attached hydrogens (tertiary/aromatic N) is 1. The average molecular weight is 375 g/mol. The van der Waals surface area contributed by atoms with E-state index in [0.717, 1.165) is 31.4 Å². The normalized spacial score (nSPS) is 17.1. The van der Waals surface area contributed by atoms with Crippen molar-refractivity contribution < 1.29 is 14.0 Å². The Morgan fingerprint density at radius 1 is 1.23 bits per heavy atom. The van der Waals surface area contributed by atoms with Gasteiger partial charge in [0.25, 0.3) is 5.91 Å². The SMILES string of the molecule is O=C(CC[C@H]1CCCN(C(=O)c2ccco2)C1)NCc1ccccc1Cl. The Morgan fingerprint density at radius 2 is 2.08 bits per heavy atom. The van der Waals surface area contributed by atoms with E-state index in [0.29, 0.717) is 36.2 Å². The Balaban J connectivity index is 1.43. The van der Waals surface area contributed by atoms with Gasteiger partial charge in [-0.15, -0.1) is 0 Å². The largest absolute Gasteiger partial charge is 0.459 e. The number of piperidine rings is 1. The molecule has 0 radical (unpaired) electrons. The van der Waals surface area contributed by atoms with Crippen LogP contribution in [0.2, 0.25) is 5.02 Å². The monoisotopic (exact) mass is 374 g/mol.